The van der Waals surface area contributed by atoms with E-state index in [1.165, 1.54) is 12.1 Å². The summed E-state index contributed by atoms with van der Waals surface area (Å²) < 4.78 is 18.7. The molecule has 7 nitrogen and oxygen atoms in total. The number of halogens is 2. The first-order valence-corrected chi connectivity index (χ1v) is 9.11. The number of hydrogen-bond acceptors (Lipinski definition) is 5. The van der Waals surface area contributed by atoms with Crippen LogP contribution in [0.4, 0.5) is 4.39 Å². The molecular weight excluding hydrogens is 377 g/mol. The molecule has 3 rings (SSSR count). The molecule has 0 radical (unpaired) electrons. The lowest BCUT2D eigenvalue weighted by Crippen LogP contribution is -2.34. The van der Waals surface area contributed by atoms with Gasteiger partial charge in [-0.15, -0.1) is 0 Å². The second kappa shape index (κ2) is 8.47. The van der Waals surface area contributed by atoms with Crippen LogP contribution >= 0.6 is 11.6 Å². The molecule has 1 aliphatic carbocycles. The Bertz CT molecular complexity index is 836. The van der Waals surface area contributed by atoms with E-state index < -0.39 is 23.7 Å². The first-order chi connectivity index (χ1) is 12.9. The molecule has 0 bridgehead atoms. The van der Waals surface area contributed by atoms with E-state index >= 15 is 0 Å². The fraction of sp³-hybridized carbons (Fsp3) is 0.444. The lowest BCUT2D eigenvalue weighted by Gasteiger charge is -2.15. The highest BCUT2D eigenvalue weighted by Crippen LogP contribution is 2.32. The van der Waals surface area contributed by atoms with Gasteiger partial charge in [0.2, 0.25) is 11.8 Å². The van der Waals surface area contributed by atoms with E-state index in [-0.39, 0.29) is 23.4 Å². The average Bonchev–Trinajstić information content (AvgIpc) is 3.31. The number of nitrogens with one attached hydrogen (secondary N) is 1. The molecule has 1 aromatic heterocycles. The van der Waals surface area contributed by atoms with Gasteiger partial charge in [0.1, 0.15) is 5.82 Å². The van der Waals surface area contributed by atoms with Crippen LogP contribution < -0.4 is 5.32 Å². The number of benzene rings is 1. The third kappa shape index (κ3) is 4.82. The summed E-state index contributed by atoms with van der Waals surface area (Å²) in [5.41, 5.74) is 0.0964. The molecule has 1 amide bonds. The molecule has 9 heteroatoms. The van der Waals surface area contributed by atoms with Gasteiger partial charge in [0.15, 0.2) is 11.9 Å². The summed E-state index contributed by atoms with van der Waals surface area (Å²) in [7, 11) is 0. The van der Waals surface area contributed by atoms with Gasteiger partial charge in [-0.3, -0.25) is 4.79 Å². The molecule has 27 heavy (non-hydrogen) atoms. The number of aromatic nitrogens is 2. The molecule has 1 atom stereocenters. The number of aryl methyl sites for hydroxylation is 1. The van der Waals surface area contributed by atoms with Crippen molar-refractivity contribution >= 4 is 23.5 Å². The van der Waals surface area contributed by atoms with Gasteiger partial charge in [-0.1, -0.05) is 35.7 Å². The van der Waals surface area contributed by atoms with Crippen LogP contribution in [0.5, 0.6) is 0 Å². The third-order valence-corrected chi connectivity index (χ3v) is 4.91. The number of aliphatic carboxylic acids is 1. The third-order valence-electron chi connectivity index (χ3n) is 4.60. The topological polar surface area (TPSA) is 105 Å². The zero-order valence-corrected chi connectivity index (χ0v) is 15.2. The van der Waals surface area contributed by atoms with E-state index in [1.54, 1.807) is 0 Å². The van der Waals surface area contributed by atoms with Crippen LogP contribution in [-0.4, -0.2) is 27.1 Å². The molecule has 1 fully saturated rings. The van der Waals surface area contributed by atoms with Crippen molar-refractivity contribution in [2.24, 2.45) is 0 Å². The van der Waals surface area contributed by atoms with E-state index in [0.717, 1.165) is 31.7 Å². The smallest absolute Gasteiger partial charge is 0.330 e. The Labute approximate surface area is 159 Å². The van der Waals surface area contributed by atoms with Crippen molar-refractivity contribution < 1.29 is 23.6 Å². The number of carboxylic acids is 1. The number of carbonyl (C=O) groups excluding carboxylic acids is 1. The van der Waals surface area contributed by atoms with Crippen molar-refractivity contribution in [1.29, 1.82) is 0 Å². The standard InChI is InChI=1S/C18H19ClFN3O4/c19-12-6-5-11(9-13(12)20)16(18(25)26)21-14(24)7-8-15-22-17(23-27-15)10-3-1-2-4-10/h5-6,9-10,16H,1-4,7-8H2,(H,21,24)(H,25,26). The van der Waals surface area contributed by atoms with E-state index in [0.29, 0.717) is 17.6 Å². The molecule has 1 saturated carbocycles. The highest BCUT2D eigenvalue weighted by molar-refractivity contribution is 6.30. The lowest BCUT2D eigenvalue weighted by atomic mass is 10.1. The number of hydrogen-bond donors (Lipinski definition) is 2. The maximum atomic E-state index is 13.6. The largest absolute Gasteiger partial charge is 0.479 e. The molecule has 1 aromatic carbocycles. The van der Waals surface area contributed by atoms with Crippen molar-refractivity contribution in [2.45, 2.75) is 50.5 Å². The van der Waals surface area contributed by atoms with Crippen LogP contribution in [0.25, 0.3) is 0 Å². The quantitative estimate of drug-likeness (QED) is 0.744. The second-order valence-corrected chi connectivity index (χ2v) is 6.95. The van der Waals surface area contributed by atoms with Crippen LogP contribution in [0.1, 0.15) is 61.3 Å². The Morgan fingerprint density at radius 1 is 1.37 bits per heavy atom. The van der Waals surface area contributed by atoms with Gasteiger partial charge in [0.05, 0.1) is 5.02 Å². The minimum absolute atomic E-state index is 0.0217. The summed E-state index contributed by atoms with van der Waals surface area (Å²) in [6, 6.07) is 2.22. The van der Waals surface area contributed by atoms with Crippen LogP contribution in [0.3, 0.4) is 0 Å². The van der Waals surface area contributed by atoms with Crippen LogP contribution in [-0.2, 0) is 16.0 Å². The van der Waals surface area contributed by atoms with Gasteiger partial charge in [0.25, 0.3) is 0 Å². The monoisotopic (exact) mass is 395 g/mol. The number of rotatable bonds is 7. The molecule has 2 N–H and O–H groups in total. The van der Waals surface area contributed by atoms with Gasteiger partial charge >= 0.3 is 5.97 Å². The Kier molecular flexibility index (Phi) is 6.05. The minimum atomic E-state index is -1.37. The maximum Gasteiger partial charge on any atom is 0.330 e. The lowest BCUT2D eigenvalue weighted by molar-refractivity contribution is -0.142. The number of carboxylic acid groups (broad SMARTS) is 1. The Balaban J connectivity index is 1.58. The molecule has 1 unspecified atom stereocenters. The van der Waals surface area contributed by atoms with Crippen molar-refractivity contribution in [3.05, 3.63) is 46.3 Å². The summed E-state index contributed by atoms with van der Waals surface area (Å²) in [6.45, 7) is 0. The number of carbonyl (C=O) groups is 2. The molecule has 2 aromatic rings. The highest BCUT2D eigenvalue weighted by atomic mass is 35.5. The molecule has 1 heterocycles. The van der Waals surface area contributed by atoms with Crippen molar-refractivity contribution in [2.75, 3.05) is 0 Å². The molecule has 144 valence electrons. The molecular formula is C18H19ClFN3O4. The highest BCUT2D eigenvalue weighted by Gasteiger charge is 2.24. The number of nitrogens with zero attached hydrogens (tertiary/aromatic N) is 2. The van der Waals surface area contributed by atoms with Crippen LogP contribution in [0, 0.1) is 5.82 Å². The second-order valence-electron chi connectivity index (χ2n) is 6.54. The maximum absolute atomic E-state index is 13.6. The summed E-state index contributed by atoms with van der Waals surface area (Å²) >= 11 is 5.60. The average molecular weight is 396 g/mol. The van der Waals surface area contributed by atoms with E-state index in [1.807, 2.05) is 0 Å². The van der Waals surface area contributed by atoms with Crippen molar-refractivity contribution in [3.63, 3.8) is 0 Å². The zero-order valence-electron chi connectivity index (χ0n) is 14.5. The Morgan fingerprint density at radius 2 is 2.11 bits per heavy atom. The Hall–Kier alpha value is -2.48. The van der Waals surface area contributed by atoms with E-state index in [4.69, 9.17) is 16.1 Å². The van der Waals surface area contributed by atoms with E-state index in [9.17, 15) is 19.1 Å². The van der Waals surface area contributed by atoms with E-state index in [2.05, 4.69) is 15.5 Å². The minimum Gasteiger partial charge on any atom is -0.479 e. The first-order valence-electron chi connectivity index (χ1n) is 8.73. The summed E-state index contributed by atoms with van der Waals surface area (Å²) in [4.78, 5) is 27.9. The van der Waals surface area contributed by atoms with Gasteiger partial charge in [-0.25, -0.2) is 9.18 Å². The number of amides is 1. The molecule has 0 saturated heterocycles. The van der Waals surface area contributed by atoms with Gasteiger partial charge in [0, 0.05) is 18.8 Å². The normalized spacial score (nSPS) is 15.6. The van der Waals surface area contributed by atoms with Gasteiger partial charge < -0.3 is 14.9 Å². The van der Waals surface area contributed by atoms with Crippen molar-refractivity contribution in [3.8, 4) is 0 Å². The van der Waals surface area contributed by atoms with Crippen LogP contribution in [0.15, 0.2) is 22.7 Å². The first kappa shape index (κ1) is 19.3. The van der Waals surface area contributed by atoms with Gasteiger partial charge in [-0.2, -0.15) is 4.98 Å². The Morgan fingerprint density at radius 3 is 2.78 bits per heavy atom. The van der Waals surface area contributed by atoms with Crippen LogP contribution in [0.2, 0.25) is 5.02 Å². The summed E-state index contributed by atoms with van der Waals surface area (Å²) in [6.07, 6.45) is 4.56. The fourth-order valence-electron chi connectivity index (χ4n) is 3.15. The van der Waals surface area contributed by atoms with Crippen molar-refractivity contribution in [1.82, 2.24) is 15.5 Å². The predicted molar refractivity (Wildman–Crippen MR) is 93.8 cm³/mol. The molecule has 0 spiro atoms. The molecule has 1 aliphatic rings. The predicted octanol–water partition coefficient (Wildman–Crippen LogP) is 3.39. The summed E-state index contributed by atoms with van der Waals surface area (Å²) in [5, 5.41) is 15.6. The zero-order chi connectivity index (χ0) is 19.4. The SMILES string of the molecule is O=C(CCc1nc(C2CCCC2)no1)NC(C(=O)O)c1ccc(Cl)c(F)c1. The molecule has 0 aliphatic heterocycles. The summed E-state index contributed by atoms with van der Waals surface area (Å²) in [5.74, 6) is -1.24. The fourth-order valence-corrected chi connectivity index (χ4v) is 3.27. The van der Waals surface area contributed by atoms with Gasteiger partial charge in [-0.05, 0) is 30.5 Å².